The standard InChI is InChI=1S/C15H20F2N2OS/c1-21-15(5-3-2-4-6-15)9-19-14(20)11-7-10(16)8-12(18)13(11)17/h7-8H,2-6,9,18H2,1H3,(H,19,20). The number of hydrogen-bond acceptors (Lipinski definition) is 3. The molecule has 0 radical (unpaired) electrons. The van der Waals surface area contributed by atoms with E-state index >= 15 is 0 Å². The average Bonchev–Trinajstić information content (AvgIpc) is 2.49. The molecule has 2 rings (SSSR count). The van der Waals surface area contributed by atoms with Crippen molar-refractivity contribution in [2.75, 3.05) is 18.5 Å². The number of carbonyl (C=O) groups excluding carboxylic acids is 1. The lowest BCUT2D eigenvalue weighted by Gasteiger charge is -2.35. The zero-order chi connectivity index (χ0) is 15.5. The van der Waals surface area contributed by atoms with Crippen LogP contribution in [0.4, 0.5) is 14.5 Å². The van der Waals surface area contributed by atoms with Gasteiger partial charge in [-0.1, -0.05) is 19.3 Å². The number of halogens is 2. The third kappa shape index (κ3) is 3.67. The highest BCUT2D eigenvalue weighted by Gasteiger charge is 2.31. The molecule has 1 aliphatic rings. The first kappa shape index (κ1) is 16.1. The van der Waals surface area contributed by atoms with Gasteiger partial charge in [-0.05, 0) is 31.2 Å². The highest BCUT2D eigenvalue weighted by Crippen LogP contribution is 2.38. The first-order valence-electron chi connectivity index (χ1n) is 7.05. The lowest BCUT2D eigenvalue weighted by molar-refractivity contribution is 0.0942. The van der Waals surface area contributed by atoms with Gasteiger partial charge in [0.25, 0.3) is 5.91 Å². The number of hydrogen-bond donors (Lipinski definition) is 2. The van der Waals surface area contributed by atoms with Crippen molar-refractivity contribution in [3.8, 4) is 0 Å². The van der Waals surface area contributed by atoms with Crippen molar-refractivity contribution in [1.29, 1.82) is 0 Å². The molecule has 1 fully saturated rings. The molecule has 0 spiro atoms. The van der Waals surface area contributed by atoms with Crippen LogP contribution in [0.2, 0.25) is 0 Å². The van der Waals surface area contributed by atoms with Gasteiger partial charge in [0.2, 0.25) is 0 Å². The van der Waals surface area contributed by atoms with Crippen molar-refractivity contribution in [2.24, 2.45) is 0 Å². The van der Waals surface area contributed by atoms with E-state index in [-0.39, 0.29) is 16.0 Å². The molecule has 0 heterocycles. The largest absolute Gasteiger partial charge is 0.396 e. The molecule has 0 aromatic heterocycles. The molecule has 21 heavy (non-hydrogen) atoms. The van der Waals surface area contributed by atoms with Crippen molar-refractivity contribution in [3.63, 3.8) is 0 Å². The summed E-state index contributed by atoms with van der Waals surface area (Å²) in [7, 11) is 0. The maximum absolute atomic E-state index is 13.8. The number of amides is 1. The minimum atomic E-state index is -0.865. The monoisotopic (exact) mass is 314 g/mol. The second-order valence-corrected chi connectivity index (χ2v) is 6.76. The molecular formula is C15H20F2N2OS. The average molecular weight is 314 g/mol. The Hall–Kier alpha value is -1.30. The fourth-order valence-corrected chi connectivity index (χ4v) is 3.67. The lowest BCUT2D eigenvalue weighted by atomic mass is 9.88. The van der Waals surface area contributed by atoms with E-state index in [2.05, 4.69) is 5.32 Å². The zero-order valence-electron chi connectivity index (χ0n) is 12.0. The summed E-state index contributed by atoms with van der Waals surface area (Å²) in [6.45, 7) is 0.461. The number of anilines is 1. The van der Waals surface area contributed by atoms with E-state index in [1.54, 1.807) is 11.8 Å². The molecule has 3 nitrogen and oxygen atoms in total. The van der Waals surface area contributed by atoms with Gasteiger partial charge in [0.15, 0.2) is 5.82 Å². The van der Waals surface area contributed by atoms with E-state index < -0.39 is 17.5 Å². The van der Waals surface area contributed by atoms with Crippen LogP contribution >= 0.6 is 11.8 Å². The van der Waals surface area contributed by atoms with E-state index in [1.165, 1.54) is 6.42 Å². The molecule has 1 aromatic carbocycles. The minimum Gasteiger partial charge on any atom is -0.396 e. The smallest absolute Gasteiger partial charge is 0.254 e. The van der Waals surface area contributed by atoms with E-state index in [4.69, 9.17) is 5.73 Å². The van der Waals surface area contributed by atoms with Crippen molar-refractivity contribution in [2.45, 2.75) is 36.9 Å². The number of nitrogen functional groups attached to an aromatic ring is 1. The molecule has 0 saturated heterocycles. The first-order valence-corrected chi connectivity index (χ1v) is 8.28. The van der Waals surface area contributed by atoms with Gasteiger partial charge in [0.1, 0.15) is 5.82 Å². The van der Waals surface area contributed by atoms with Crippen LogP contribution in [0.5, 0.6) is 0 Å². The Bertz CT molecular complexity index is 531. The number of carbonyl (C=O) groups is 1. The van der Waals surface area contributed by atoms with Gasteiger partial charge in [-0.25, -0.2) is 8.78 Å². The van der Waals surface area contributed by atoms with Crippen LogP contribution in [0.1, 0.15) is 42.5 Å². The maximum atomic E-state index is 13.8. The number of benzene rings is 1. The summed E-state index contributed by atoms with van der Waals surface area (Å²) in [5.74, 6) is -2.19. The Morgan fingerprint density at radius 3 is 2.62 bits per heavy atom. The number of rotatable bonds is 4. The van der Waals surface area contributed by atoms with E-state index in [0.717, 1.165) is 37.8 Å². The van der Waals surface area contributed by atoms with Gasteiger partial charge in [0.05, 0.1) is 11.3 Å². The van der Waals surface area contributed by atoms with Crippen LogP contribution in [0, 0.1) is 11.6 Å². The summed E-state index contributed by atoms with van der Waals surface area (Å²) in [5, 5.41) is 2.73. The molecular weight excluding hydrogens is 294 g/mol. The van der Waals surface area contributed by atoms with Crippen LogP contribution in [0.25, 0.3) is 0 Å². The highest BCUT2D eigenvalue weighted by atomic mass is 32.2. The lowest BCUT2D eigenvalue weighted by Crippen LogP contribution is -2.42. The predicted octanol–water partition coefficient (Wildman–Crippen LogP) is 3.34. The van der Waals surface area contributed by atoms with Crippen molar-refractivity contribution < 1.29 is 13.6 Å². The Morgan fingerprint density at radius 2 is 2.00 bits per heavy atom. The fraction of sp³-hybridized carbons (Fsp3) is 0.533. The summed E-state index contributed by atoms with van der Waals surface area (Å²) in [6.07, 6.45) is 7.57. The van der Waals surface area contributed by atoms with Gasteiger partial charge in [-0.3, -0.25) is 4.79 Å². The normalized spacial score (nSPS) is 17.5. The second kappa shape index (κ2) is 6.64. The van der Waals surface area contributed by atoms with Crippen molar-refractivity contribution >= 4 is 23.4 Å². The summed E-state index contributed by atoms with van der Waals surface area (Å²) >= 11 is 1.73. The molecule has 3 N–H and O–H groups in total. The predicted molar refractivity (Wildman–Crippen MR) is 82.4 cm³/mol. The summed E-state index contributed by atoms with van der Waals surface area (Å²) in [5.41, 5.74) is 4.67. The van der Waals surface area contributed by atoms with Crippen LogP contribution in [0.15, 0.2) is 12.1 Å². The number of thioether (sulfide) groups is 1. The molecule has 116 valence electrons. The molecule has 0 atom stereocenters. The van der Waals surface area contributed by atoms with Gasteiger partial charge < -0.3 is 11.1 Å². The Kier molecular flexibility index (Phi) is 5.08. The second-order valence-electron chi connectivity index (χ2n) is 5.49. The third-order valence-corrected chi connectivity index (χ3v) is 5.50. The van der Waals surface area contributed by atoms with Gasteiger partial charge >= 0.3 is 0 Å². The van der Waals surface area contributed by atoms with Crippen LogP contribution in [-0.4, -0.2) is 23.5 Å². The molecule has 6 heteroatoms. The zero-order valence-corrected chi connectivity index (χ0v) is 12.9. The minimum absolute atomic E-state index is 0.00323. The third-order valence-electron chi connectivity index (χ3n) is 4.08. The SMILES string of the molecule is CSC1(CNC(=O)c2cc(F)cc(N)c2F)CCCCC1. The topological polar surface area (TPSA) is 55.1 Å². The summed E-state index contributed by atoms with van der Waals surface area (Å²) in [6, 6.07) is 1.75. The molecule has 0 unspecified atom stereocenters. The summed E-state index contributed by atoms with van der Waals surface area (Å²) < 4.78 is 27.1. The Morgan fingerprint density at radius 1 is 1.33 bits per heavy atom. The van der Waals surface area contributed by atoms with Crippen LogP contribution in [-0.2, 0) is 0 Å². The summed E-state index contributed by atoms with van der Waals surface area (Å²) in [4.78, 5) is 12.1. The fourth-order valence-electron chi connectivity index (χ4n) is 2.76. The van der Waals surface area contributed by atoms with E-state index in [9.17, 15) is 13.6 Å². The first-order chi connectivity index (χ1) is 9.97. The van der Waals surface area contributed by atoms with Crippen LogP contribution in [0.3, 0.4) is 0 Å². The molecule has 0 bridgehead atoms. The van der Waals surface area contributed by atoms with Gasteiger partial charge in [-0.2, -0.15) is 11.8 Å². The quantitative estimate of drug-likeness (QED) is 0.838. The van der Waals surface area contributed by atoms with E-state index in [0.29, 0.717) is 6.54 Å². The van der Waals surface area contributed by atoms with Crippen LogP contribution < -0.4 is 11.1 Å². The molecule has 1 aromatic rings. The van der Waals surface area contributed by atoms with Crippen molar-refractivity contribution in [3.05, 3.63) is 29.3 Å². The molecule has 1 aliphatic carbocycles. The molecule has 0 aliphatic heterocycles. The van der Waals surface area contributed by atoms with E-state index in [1.807, 2.05) is 6.26 Å². The number of nitrogens with one attached hydrogen (secondary N) is 1. The maximum Gasteiger partial charge on any atom is 0.254 e. The molecule has 1 saturated carbocycles. The van der Waals surface area contributed by atoms with Gasteiger partial charge in [-0.15, -0.1) is 0 Å². The Labute approximate surface area is 127 Å². The Balaban J connectivity index is 2.08. The van der Waals surface area contributed by atoms with Gasteiger partial charge in [0, 0.05) is 11.3 Å². The molecule has 1 amide bonds. The number of nitrogens with two attached hydrogens (primary N) is 1. The van der Waals surface area contributed by atoms with Crippen molar-refractivity contribution in [1.82, 2.24) is 5.32 Å². The highest BCUT2D eigenvalue weighted by molar-refractivity contribution is 8.00.